The Bertz CT molecular complexity index is 1080. The van der Waals surface area contributed by atoms with Gasteiger partial charge in [-0.1, -0.05) is 55.5 Å². The maximum atomic E-state index is 12.6. The highest BCUT2D eigenvalue weighted by molar-refractivity contribution is 5.89. The summed E-state index contributed by atoms with van der Waals surface area (Å²) >= 11 is 0. The van der Waals surface area contributed by atoms with Crippen molar-refractivity contribution >= 4 is 18.0 Å². The molecule has 0 spiro atoms. The van der Waals surface area contributed by atoms with Crippen molar-refractivity contribution < 1.29 is 53.7 Å². The number of methoxy groups -OCH3 is 1. The summed E-state index contributed by atoms with van der Waals surface area (Å²) in [7, 11) is 1.25. The van der Waals surface area contributed by atoms with Gasteiger partial charge in [-0.2, -0.15) is 0 Å². The third-order valence-corrected chi connectivity index (χ3v) is 7.42. The number of hydrogen-bond acceptors (Lipinski definition) is 11. The van der Waals surface area contributed by atoms with Gasteiger partial charge in [-0.05, 0) is 12.0 Å². The van der Waals surface area contributed by atoms with Gasteiger partial charge in [-0.3, -0.25) is 0 Å². The molecule has 39 heavy (non-hydrogen) atoms. The van der Waals surface area contributed by atoms with Gasteiger partial charge < -0.3 is 44.1 Å². The molecule has 0 unspecified atom stereocenters. The van der Waals surface area contributed by atoms with Crippen LogP contribution in [0.5, 0.6) is 0 Å². The van der Waals surface area contributed by atoms with E-state index in [0.29, 0.717) is 6.42 Å². The lowest BCUT2D eigenvalue weighted by molar-refractivity contribution is -0.342. The summed E-state index contributed by atoms with van der Waals surface area (Å²) < 4.78 is 27.7. The van der Waals surface area contributed by atoms with Gasteiger partial charge in [0.1, 0.15) is 30.5 Å². The van der Waals surface area contributed by atoms with E-state index in [4.69, 9.17) is 23.7 Å². The number of carbonyl (C=O) groups excluding carboxylic acids is 2. The van der Waals surface area contributed by atoms with Crippen LogP contribution in [0.15, 0.2) is 60.4 Å². The van der Waals surface area contributed by atoms with E-state index in [0.717, 1.165) is 5.56 Å². The van der Waals surface area contributed by atoms with Crippen LogP contribution in [0.3, 0.4) is 0 Å². The van der Waals surface area contributed by atoms with Crippen LogP contribution in [0.4, 0.5) is 0 Å². The first-order valence-electron chi connectivity index (χ1n) is 12.7. The molecule has 4 rings (SSSR count). The summed E-state index contributed by atoms with van der Waals surface area (Å²) in [5, 5.41) is 40.1. The van der Waals surface area contributed by atoms with Crippen molar-refractivity contribution in [2.24, 2.45) is 17.8 Å². The molecular weight excluding hydrogens is 512 g/mol. The third-order valence-electron chi connectivity index (χ3n) is 7.42. The average Bonchev–Trinajstić information content (AvgIpc) is 3.27. The number of allylic oxidation sites excluding steroid dienone is 2. The van der Waals surface area contributed by atoms with E-state index in [2.05, 4.69) is 0 Å². The van der Waals surface area contributed by atoms with Crippen molar-refractivity contribution in [2.45, 2.75) is 56.4 Å². The van der Waals surface area contributed by atoms with Gasteiger partial charge in [-0.15, -0.1) is 0 Å². The van der Waals surface area contributed by atoms with Crippen molar-refractivity contribution in [3.63, 3.8) is 0 Å². The Kier molecular flexibility index (Phi) is 9.54. The van der Waals surface area contributed by atoms with Crippen molar-refractivity contribution in [2.75, 3.05) is 13.7 Å². The fourth-order valence-corrected chi connectivity index (χ4v) is 5.29. The number of fused-ring (bicyclic) bond motifs is 1. The minimum absolute atomic E-state index is 0.253. The van der Waals surface area contributed by atoms with Crippen molar-refractivity contribution in [3.8, 4) is 0 Å². The number of aliphatic hydroxyl groups excluding tert-OH is 4. The quantitative estimate of drug-likeness (QED) is 0.206. The summed E-state index contributed by atoms with van der Waals surface area (Å²) in [4.78, 5) is 25.0. The standard InChI is InChI=1S/C28H34O11/c1-15-19(37-21(30)11-7-6-10-16-8-4-3-5-9-16)12-17-18(26(34)35-2)14-36-27(22(15)17)39-28-25(33)24(32)23(31)20(13-29)38-28/h3-11,14-15,17,19-20,22-25,27-29,31-33H,12-13H2,1-2H3/b10-6+,11-7+/t15-,17-,19+,20-,22-,23-,24+,25-,27+,28+/m1/s1. The van der Waals surface area contributed by atoms with Crippen LogP contribution in [0, 0.1) is 17.8 Å². The topological polar surface area (TPSA) is 161 Å². The predicted octanol–water partition coefficient (Wildman–Crippen LogP) is 0.670. The highest BCUT2D eigenvalue weighted by Crippen LogP contribution is 2.48. The van der Waals surface area contributed by atoms with E-state index in [1.54, 1.807) is 12.2 Å². The Balaban J connectivity index is 1.46. The van der Waals surface area contributed by atoms with E-state index in [9.17, 15) is 30.0 Å². The van der Waals surface area contributed by atoms with Crippen LogP contribution in [0.2, 0.25) is 0 Å². The molecule has 212 valence electrons. The Morgan fingerprint density at radius 1 is 1.05 bits per heavy atom. The van der Waals surface area contributed by atoms with Crippen molar-refractivity contribution in [1.82, 2.24) is 0 Å². The molecule has 11 nitrogen and oxygen atoms in total. The van der Waals surface area contributed by atoms with Gasteiger partial charge in [0.05, 0.1) is 25.6 Å². The van der Waals surface area contributed by atoms with Crippen LogP contribution < -0.4 is 0 Å². The molecule has 1 aromatic rings. The SMILES string of the molecule is COC(=O)C1=CO[C@@H](O[C@@H]2O[C@H](CO)[C@@H](O)[C@H](O)[C@H]2O)[C@@H]2[C@H](C)[C@@H](OC(=O)/C=C/C=C/c3ccccc3)C[C@H]12. The van der Waals surface area contributed by atoms with Crippen LogP contribution >= 0.6 is 0 Å². The zero-order valence-electron chi connectivity index (χ0n) is 21.6. The molecule has 0 bridgehead atoms. The Morgan fingerprint density at radius 2 is 1.79 bits per heavy atom. The molecule has 2 heterocycles. The highest BCUT2D eigenvalue weighted by atomic mass is 16.8. The zero-order valence-corrected chi connectivity index (χ0v) is 21.6. The van der Waals surface area contributed by atoms with Gasteiger partial charge in [0.25, 0.3) is 0 Å². The number of rotatable bonds is 8. The van der Waals surface area contributed by atoms with Crippen LogP contribution in [-0.4, -0.2) is 89.2 Å². The summed E-state index contributed by atoms with van der Waals surface area (Å²) in [6, 6.07) is 9.60. The Morgan fingerprint density at radius 3 is 2.49 bits per heavy atom. The number of benzene rings is 1. The molecule has 0 amide bonds. The number of hydrogen-bond donors (Lipinski definition) is 4. The summed E-state index contributed by atoms with van der Waals surface area (Å²) in [6.07, 6.45) is -1.07. The molecule has 1 saturated heterocycles. The first-order valence-corrected chi connectivity index (χ1v) is 12.7. The van der Waals surface area contributed by atoms with E-state index in [1.165, 1.54) is 19.4 Å². The van der Waals surface area contributed by atoms with Gasteiger partial charge in [0.15, 0.2) is 6.29 Å². The molecule has 1 saturated carbocycles. The van der Waals surface area contributed by atoms with Gasteiger partial charge >= 0.3 is 11.9 Å². The molecule has 1 aliphatic carbocycles. The number of aliphatic hydroxyl groups is 4. The predicted molar refractivity (Wildman–Crippen MR) is 135 cm³/mol. The second-order valence-corrected chi connectivity index (χ2v) is 9.79. The molecule has 0 aromatic heterocycles. The number of esters is 2. The molecule has 11 heteroatoms. The number of ether oxygens (including phenoxy) is 5. The molecule has 2 fully saturated rings. The first kappa shape index (κ1) is 28.9. The van der Waals surface area contributed by atoms with Crippen LogP contribution in [0.1, 0.15) is 18.9 Å². The van der Waals surface area contributed by atoms with Crippen molar-refractivity contribution in [1.29, 1.82) is 0 Å². The molecule has 1 aromatic carbocycles. The van der Waals surface area contributed by atoms with Crippen LogP contribution in [0.25, 0.3) is 6.08 Å². The molecule has 0 radical (unpaired) electrons. The largest absolute Gasteiger partial charge is 0.472 e. The second kappa shape index (κ2) is 12.9. The summed E-state index contributed by atoms with van der Waals surface area (Å²) in [5.41, 5.74) is 1.24. The lowest BCUT2D eigenvalue weighted by Crippen LogP contribution is -2.60. The van der Waals surface area contributed by atoms with E-state index in [1.807, 2.05) is 43.3 Å². The zero-order chi connectivity index (χ0) is 28.1. The van der Waals surface area contributed by atoms with Gasteiger partial charge in [0.2, 0.25) is 6.29 Å². The highest BCUT2D eigenvalue weighted by Gasteiger charge is 2.54. The lowest BCUT2D eigenvalue weighted by atomic mass is 9.83. The third kappa shape index (κ3) is 6.40. The maximum absolute atomic E-state index is 12.6. The minimum Gasteiger partial charge on any atom is -0.472 e. The monoisotopic (exact) mass is 546 g/mol. The summed E-state index contributed by atoms with van der Waals surface area (Å²) in [5.74, 6) is -2.48. The molecule has 2 aliphatic heterocycles. The molecule has 3 aliphatic rings. The lowest BCUT2D eigenvalue weighted by Gasteiger charge is -2.43. The molecule has 10 atom stereocenters. The van der Waals surface area contributed by atoms with E-state index < -0.39 is 73.5 Å². The van der Waals surface area contributed by atoms with Gasteiger partial charge in [-0.25, -0.2) is 9.59 Å². The molecule has 4 N–H and O–H groups in total. The maximum Gasteiger partial charge on any atom is 0.337 e. The van der Waals surface area contributed by atoms with E-state index in [-0.39, 0.29) is 11.5 Å². The first-order chi connectivity index (χ1) is 18.7. The van der Waals surface area contributed by atoms with E-state index >= 15 is 0 Å². The fraction of sp³-hybridized carbons (Fsp3) is 0.500. The average molecular weight is 547 g/mol. The van der Waals surface area contributed by atoms with Crippen LogP contribution in [-0.2, 0) is 33.3 Å². The summed E-state index contributed by atoms with van der Waals surface area (Å²) in [6.45, 7) is 1.21. The number of carbonyl (C=O) groups is 2. The Labute approximate surface area is 225 Å². The fourth-order valence-electron chi connectivity index (χ4n) is 5.29. The van der Waals surface area contributed by atoms with Gasteiger partial charge in [0, 0.05) is 23.8 Å². The molecular formula is C28H34O11. The smallest absolute Gasteiger partial charge is 0.337 e. The second-order valence-electron chi connectivity index (χ2n) is 9.79. The van der Waals surface area contributed by atoms with Crippen molar-refractivity contribution in [3.05, 3.63) is 66.0 Å². The minimum atomic E-state index is -1.63. The Hall–Kier alpha value is -3.06. The normalized spacial score (nSPS) is 36.3.